The van der Waals surface area contributed by atoms with E-state index >= 15 is 0 Å². The van der Waals surface area contributed by atoms with Gasteiger partial charge in [-0.25, -0.2) is 0 Å². The van der Waals surface area contributed by atoms with Crippen molar-refractivity contribution in [1.82, 2.24) is 9.78 Å². The van der Waals surface area contributed by atoms with Crippen molar-refractivity contribution in [2.24, 2.45) is 12.5 Å². The average Bonchev–Trinajstić information content (AvgIpc) is 2.87. The van der Waals surface area contributed by atoms with Crippen LogP contribution >= 0.6 is 0 Å². The predicted octanol–water partition coefficient (Wildman–Crippen LogP) is 4.10. The minimum atomic E-state index is -0.123. The molecule has 1 aliphatic heterocycles. The number of ketones is 1. The van der Waals surface area contributed by atoms with Gasteiger partial charge in [-0.2, -0.15) is 5.10 Å². The second kappa shape index (κ2) is 5.98. The predicted molar refractivity (Wildman–Crippen MR) is 110 cm³/mol. The Balaban J connectivity index is 1.89. The second-order valence-electron chi connectivity index (χ2n) is 8.83. The SMILES string of the molecule is Cc1nn(C)c2c1C1=C(C(=O)CC(C)(C)C1)[C@H](c1ccc(N(C)C)cc1)N2. The second-order valence-corrected chi connectivity index (χ2v) is 8.83. The third-order valence-corrected chi connectivity index (χ3v) is 5.76. The van der Waals surface area contributed by atoms with E-state index in [1.54, 1.807) is 0 Å². The van der Waals surface area contributed by atoms with Crippen LogP contribution in [0.1, 0.15) is 49.6 Å². The Morgan fingerprint density at radius 2 is 1.85 bits per heavy atom. The topological polar surface area (TPSA) is 50.2 Å². The summed E-state index contributed by atoms with van der Waals surface area (Å²) in [6.07, 6.45) is 1.50. The number of benzene rings is 1. The molecule has 0 spiro atoms. The molecule has 2 aromatic rings. The summed E-state index contributed by atoms with van der Waals surface area (Å²) >= 11 is 0. The number of rotatable bonds is 2. The fourth-order valence-electron chi connectivity index (χ4n) is 4.50. The van der Waals surface area contributed by atoms with E-state index in [1.165, 1.54) is 5.57 Å². The number of anilines is 2. The third kappa shape index (κ3) is 2.85. The molecular weight excluding hydrogens is 336 g/mol. The van der Waals surface area contributed by atoms with Gasteiger partial charge in [-0.1, -0.05) is 26.0 Å². The van der Waals surface area contributed by atoms with Crippen LogP contribution in [-0.4, -0.2) is 29.7 Å². The number of aromatic nitrogens is 2. The molecule has 142 valence electrons. The molecule has 1 atom stereocenters. The molecule has 4 rings (SSSR count). The minimum absolute atomic E-state index is 0.0217. The first-order chi connectivity index (χ1) is 12.7. The number of carbonyl (C=O) groups excluding carboxylic acids is 1. The van der Waals surface area contributed by atoms with Gasteiger partial charge >= 0.3 is 0 Å². The summed E-state index contributed by atoms with van der Waals surface area (Å²) in [6, 6.07) is 8.34. The number of nitrogens with zero attached hydrogens (tertiary/aromatic N) is 3. The first-order valence-corrected chi connectivity index (χ1v) is 9.52. The highest BCUT2D eigenvalue weighted by Gasteiger charge is 2.42. The van der Waals surface area contributed by atoms with Crippen LogP contribution in [0.3, 0.4) is 0 Å². The van der Waals surface area contributed by atoms with Crippen LogP contribution < -0.4 is 10.2 Å². The molecule has 0 amide bonds. The van der Waals surface area contributed by atoms with Gasteiger partial charge in [-0.3, -0.25) is 9.48 Å². The number of allylic oxidation sites excluding steroid dienone is 1. The summed E-state index contributed by atoms with van der Waals surface area (Å²) in [5.41, 5.74) is 6.45. The van der Waals surface area contributed by atoms with Crippen LogP contribution in [0.5, 0.6) is 0 Å². The maximum absolute atomic E-state index is 13.2. The van der Waals surface area contributed by atoms with Crippen LogP contribution in [-0.2, 0) is 11.8 Å². The third-order valence-electron chi connectivity index (χ3n) is 5.76. The highest BCUT2D eigenvalue weighted by atomic mass is 16.1. The average molecular weight is 364 g/mol. The van der Waals surface area contributed by atoms with Crippen molar-refractivity contribution < 1.29 is 4.79 Å². The van der Waals surface area contributed by atoms with Gasteiger partial charge in [0, 0.05) is 44.4 Å². The van der Waals surface area contributed by atoms with Gasteiger partial charge < -0.3 is 10.2 Å². The molecule has 0 saturated heterocycles. The summed E-state index contributed by atoms with van der Waals surface area (Å²) in [5, 5.41) is 8.24. The van der Waals surface area contributed by atoms with E-state index in [1.807, 2.05) is 32.7 Å². The van der Waals surface area contributed by atoms with Crippen molar-refractivity contribution in [2.45, 2.75) is 39.7 Å². The molecule has 0 radical (unpaired) electrons. The first-order valence-electron chi connectivity index (χ1n) is 9.52. The molecule has 1 N–H and O–H groups in total. The molecule has 5 nitrogen and oxygen atoms in total. The minimum Gasteiger partial charge on any atom is -0.378 e. The lowest BCUT2D eigenvalue weighted by molar-refractivity contribution is -0.118. The maximum Gasteiger partial charge on any atom is 0.162 e. The number of carbonyl (C=O) groups is 1. The van der Waals surface area contributed by atoms with E-state index in [2.05, 4.69) is 53.4 Å². The fraction of sp³-hybridized carbons (Fsp3) is 0.455. The van der Waals surface area contributed by atoms with Crippen molar-refractivity contribution in [3.8, 4) is 0 Å². The molecule has 5 heteroatoms. The summed E-state index contributed by atoms with van der Waals surface area (Å²) in [7, 11) is 6.03. The van der Waals surface area contributed by atoms with Gasteiger partial charge in [0.25, 0.3) is 0 Å². The van der Waals surface area contributed by atoms with E-state index in [-0.39, 0.29) is 17.2 Å². The fourth-order valence-corrected chi connectivity index (χ4v) is 4.50. The number of nitrogens with one attached hydrogen (secondary N) is 1. The van der Waals surface area contributed by atoms with Crippen LogP contribution in [0.2, 0.25) is 0 Å². The van der Waals surface area contributed by atoms with Gasteiger partial charge in [0.15, 0.2) is 5.78 Å². The van der Waals surface area contributed by atoms with Gasteiger partial charge in [-0.15, -0.1) is 0 Å². The Hall–Kier alpha value is -2.56. The summed E-state index contributed by atoms with van der Waals surface area (Å²) in [5.74, 6) is 1.27. The normalized spacial score (nSPS) is 20.8. The van der Waals surface area contributed by atoms with Gasteiger partial charge in [0.05, 0.1) is 11.7 Å². The molecule has 1 aromatic carbocycles. The van der Waals surface area contributed by atoms with Crippen molar-refractivity contribution in [1.29, 1.82) is 0 Å². The number of Topliss-reactive ketones (excluding diaryl/α,β-unsaturated/α-hetero) is 1. The molecule has 2 heterocycles. The number of aryl methyl sites for hydroxylation is 2. The molecule has 0 bridgehead atoms. The number of fused-ring (bicyclic) bond motifs is 2. The lowest BCUT2D eigenvalue weighted by Gasteiger charge is -2.39. The molecule has 0 fully saturated rings. The van der Waals surface area contributed by atoms with Gasteiger partial charge in [0.1, 0.15) is 5.82 Å². The largest absolute Gasteiger partial charge is 0.378 e. The number of hydrogen-bond acceptors (Lipinski definition) is 4. The molecule has 2 aliphatic rings. The van der Waals surface area contributed by atoms with Crippen LogP contribution in [0.25, 0.3) is 5.57 Å². The Kier molecular flexibility index (Phi) is 3.95. The summed E-state index contributed by atoms with van der Waals surface area (Å²) < 4.78 is 1.90. The lowest BCUT2D eigenvalue weighted by Crippen LogP contribution is -2.33. The van der Waals surface area contributed by atoms with Crippen molar-refractivity contribution in [3.63, 3.8) is 0 Å². The molecule has 27 heavy (non-hydrogen) atoms. The Labute approximate surface area is 161 Å². The molecule has 1 aromatic heterocycles. The lowest BCUT2D eigenvalue weighted by atomic mass is 9.68. The van der Waals surface area contributed by atoms with Gasteiger partial charge in [-0.05, 0) is 42.0 Å². The number of hydrogen-bond donors (Lipinski definition) is 1. The zero-order valence-electron chi connectivity index (χ0n) is 17.1. The smallest absolute Gasteiger partial charge is 0.162 e. The van der Waals surface area contributed by atoms with Crippen molar-refractivity contribution in [3.05, 3.63) is 46.7 Å². The maximum atomic E-state index is 13.2. The zero-order valence-corrected chi connectivity index (χ0v) is 17.1. The van der Waals surface area contributed by atoms with E-state index in [0.717, 1.165) is 40.3 Å². The van der Waals surface area contributed by atoms with Gasteiger partial charge in [0.2, 0.25) is 0 Å². The summed E-state index contributed by atoms with van der Waals surface area (Å²) in [6.45, 7) is 6.40. The van der Waals surface area contributed by atoms with Crippen molar-refractivity contribution in [2.75, 3.05) is 24.3 Å². The van der Waals surface area contributed by atoms with E-state index in [0.29, 0.717) is 6.42 Å². The van der Waals surface area contributed by atoms with E-state index in [9.17, 15) is 4.79 Å². The van der Waals surface area contributed by atoms with E-state index < -0.39 is 0 Å². The van der Waals surface area contributed by atoms with E-state index in [4.69, 9.17) is 0 Å². The van der Waals surface area contributed by atoms with Crippen LogP contribution in [0.4, 0.5) is 11.5 Å². The molecular formula is C22H28N4O. The van der Waals surface area contributed by atoms with Crippen LogP contribution in [0, 0.1) is 12.3 Å². The first kappa shape index (κ1) is 17.8. The van der Waals surface area contributed by atoms with Crippen LogP contribution in [0.15, 0.2) is 29.8 Å². The van der Waals surface area contributed by atoms with Crippen molar-refractivity contribution >= 4 is 22.9 Å². The monoisotopic (exact) mass is 364 g/mol. The molecule has 1 aliphatic carbocycles. The molecule has 0 saturated carbocycles. The Morgan fingerprint density at radius 3 is 2.48 bits per heavy atom. The Bertz CT molecular complexity index is 947. The highest BCUT2D eigenvalue weighted by Crippen LogP contribution is 2.51. The Morgan fingerprint density at radius 1 is 1.19 bits per heavy atom. The highest BCUT2D eigenvalue weighted by molar-refractivity contribution is 6.08. The standard InChI is InChI=1S/C22H28N4O/c1-13-18-16-11-22(2,3)12-17(27)19(16)20(23-21(18)26(6)24-13)14-7-9-15(10-8-14)25(4)5/h7-10,20,23H,11-12H2,1-6H3/t20-/m0/s1. The summed E-state index contributed by atoms with van der Waals surface area (Å²) in [4.78, 5) is 15.3. The molecule has 0 unspecified atom stereocenters. The quantitative estimate of drug-likeness (QED) is 0.871. The zero-order chi connectivity index (χ0) is 19.5.